The monoisotopic (exact) mass is 389 g/mol. The number of carbonyl (C=O) groups excluding carboxylic acids is 2. The molecule has 0 radical (unpaired) electrons. The Bertz CT molecular complexity index is 450. The standard InChI is InChI=1S/C19H35N3O3.ClH/c1-4-15(2)18(24)22-11-5-6-16(12-22)17(23)21-13-19(14-25-3)7-9-20-10-8-19;/h15-16,20H,4-14H2,1-3H3,(H,21,23);1H. The first-order valence-corrected chi connectivity index (χ1v) is 9.77. The molecule has 0 aromatic rings. The summed E-state index contributed by atoms with van der Waals surface area (Å²) >= 11 is 0. The Morgan fingerprint density at radius 2 is 2.04 bits per heavy atom. The quantitative estimate of drug-likeness (QED) is 0.696. The van der Waals surface area contributed by atoms with E-state index in [-0.39, 0.29) is 41.5 Å². The van der Waals surface area contributed by atoms with Crippen LogP contribution in [-0.2, 0) is 14.3 Å². The average molecular weight is 390 g/mol. The molecule has 2 heterocycles. The van der Waals surface area contributed by atoms with Gasteiger partial charge in [-0.15, -0.1) is 12.4 Å². The number of amides is 2. The van der Waals surface area contributed by atoms with Crippen LogP contribution in [0.2, 0.25) is 0 Å². The smallest absolute Gasteiger partial charge is 0.225 e. The van der Waals surface area contributed by atoms with Crippen LogP contribution in [0.4, 0.5) is 0 Å². The molecule has 0 bridgehead atoms. The van der Waals surface area contributed by atoms with Gasteiger partial charge in [-0.05, 0) is 45.2 Å². The van der Waals surface area contributed by atoms with Gasteiger partial charge in [0.1, 0.15) is 0 Å². The number of hydrogen-bond donors (Lipinski definition) is 2. The molecule has 0 saturated carbocycles. The number of nitrogens with zero attached hydrogens (tertiary/aromatic N) is 1. The summed E-state index contributed by atoms with van der Waals surface area (Å²) in [7, 11) is 1.73. The highest BCUT2D eigenvalue weighted by atomic mass is 35.5. The zero-order valence-electron chi connectivity index (χ0n) is 16.5. The zero-order valence-corrected chi connectivity index (χ0v) is 17.3. The summed E-state index contributed by atoms with van der Waals surface area (Å²) in [5.74, 6) is 0.245. The molecule has 26 heavy (non-hydrogen) atoms. The third kappa shape index (κ3) is 6.10. The minimum Gasteiger partial charge on any atom is -0.384 e. The third-order valence-electron chi connectivity index (χ3n) is 5.89. The van der Waals surface area contributed by atoms with Crippen LogP contribution >= 0.6 is 12.4 Å². The van der Waals surface area contributed by atoms with Crippen LogP contribution < -0.4 is 10.6 Å². The lowest BCUT2D eigenvalue weighted by atomic mass is 9.79. The second-order valence-corrected chi connectivity index (χ2v) is 7.83. The topological polar surface area (TPSA) is 70.7 Å². The van der Waals surface area contributed by atoms with Gasteiger partial charge in [0.25, 0.3) is 0 Å². The van der Waals surface area contributed by atoms with E-state index >= 15 is 0 Å². The summed E-state index contributed by atoms with van der Waals surface area (Å²) in [4.78, 5) is 27.0. The molecule has 2 aliphatic rings. The molecule has 2 atom stereocenters. The summed E-state index contributed by atoms with van der Waals surface area (Å²) in [6.45, 7) is 8.64. The van der Waals surface area contributed by atoms with Crippen molar-refractivity contribution in [2.45, 2.75) is 46.0 Å². The van der Waals surface area contributed by atoms with E-state index in [2.05, 4.69) is 10.6 Å². The normalized spacial score (nSPS) is 23.7. The minimum absolute atomic E-state index is 0. The van der Waals surface area contributed by atoms with E-state index in [0.29, 0.717) is 19.7 Å². The van der Waals surface area contributed by atoms with Gasteiger partial charge < -0.3 is 20.3 Å². The third-order valence-corrected chi connectivity index (χ3v) is 5.89. The Labute approximate surface area is 164 Å². The van der Waals surface area contributed by atoms with E-state index in [9.17, 15) is 9.59 Å². The number of carbonyl (C=O) groups is 2. The molecule has 2 fully saturated rings. The van der Waals surface area contributed by atoms with Crippen molar-refractivity contribution in [2.24, 2.45) is 17.3 Å². The van der Waals surface area contributed by atoms with Crippen molar-refractivity contribution >= 4 is 24.2 Å². The van der Waals surface area contributed by atoms with E-state index in [1.807, 2.05) is 18.7 Å². The molecule has 2 unspecified atom stereocenters. The van der Waals surface area contributed by atoms with Crippen LogP contribution in [0, 0.1) is 17.3 Å². The number of likely N-dealkylation sites (tertiary alicyclic amines) is 1. The summed E-state index contributed by atoms with van der Waals surface area (Å²) in [5.41, 5.74) is 0.0383. The molecule has 2 aliphatic heterocycles. The maximum Gasteiger partial charge on any atom is 0.225 e. The Morgan fingerprint density at radius 1 is 1.35 bits per heavy atom. The highest BCUT2D eigenvalue weighted by Crippen LogP contribution is 2.28. The van der Waals surface area contributed by atoms with Crippen LogP contribution in [0.3, 0.4) is 0 Å². The lowest BCUT2D eigenvalue weighted by Crippen LogP contribution is -2.51. The predicted octanol–water partition coefficient (Wildman–Crippen LogP) is 1.83. The maximum absolute atomic E-state index is 12.7. The fraction of sp³-hybridized carbons (Fsp3) is 0.895. The van der Waals surface area contributed by atoms with Crippen molar-refractivity contribution in [2.75, 3.05) is 46.4 Å². The summed E-state index contributed by atoms with van der Waals surface area (Å²) in [5, 5.41) is 6.54. The molecule has 0 spiro atoms. The predicted molar refractivity (Wildman–Crippen MR) is 105 cm³/mol. The number of piperidine rings is 2. The van der Waals surface area contributed by atoms with Crippen LogP contribution in [0.15, 0.2) is 0 Å². The molecule has 6 nitrogen and oxygen atoms in total. The number of nitrogens with one attached hydrogen (secondary N) is 2. The lowest BCUT2D eigenvalue weighted by Gasteiger charge is -2.38. The fourth-order valence-electron chi connectivity index (χ4n) is 3.93. The summed E-state index contributed by atoms with van der Waals surface area (Å²) < 4.78 is 5.42. The number of methoxy groups -OCH3 is 1. The zero-order chi connectivity index (χ0) is 18.3. The highest BCUT2D eigenvalue weighted by Gasteiger charge is 2.34. The van der Waals surface area contributed by atoms with Gasteiger partial charge in [-0.25, -0.2) is 0 Å². The van der Waals surface area contributed by atoms with E-state index in [0.717, 1.165) is 51.7 Å². The van der Waals surface area contributed by atoms with Crippen molar-refractivity contribution in [3.8, 4) is 0 Å². The number of halogens is 1. The Balaban J connectivity index is 0.00000338. The molecule has 152 valence electrons. The van der Waals surface area contributed by atoms with Crippen molar-refractivity contribution in [1.82, 2.24) is 15.5 Å². The first-order chi connectivity index (χ1) is 12.0. The molecule has 0 aromatic heterocycles. The van der Waals surface area contributed by atoms with Gasteiger partial charge >= 0.3 is 0 Å². The van der Waals surface area contributed by atoms with Gasteiger partial charge in [0.05, 0.1) is 12.5 Å². The number of hydrogen-bond acceptors (Lipinski definition) is 4. The first-order valence-electron chi connectivity index (χ1n) is 9.77. The van der Waals surface area contributed by atoms with Gasteiger partial charge in [-0.3, -0.25) is 9.59 Å². The Kier molecular flexibility index (Phi) is 9.90. The van der Waals surface area contributed by atoms with Crippen LogP contribution in [0.1, 0.15) is 46.0 Å². The van der Waals surface area contributed by atoms with E-state index in [1.165, 1.54) is 0 Å². The SMILES string of the molecule is CCC(C)C(=O)N1CCCC(C(=O)NCC2(COC)CCNCC2)C1.Cl. The minimum atomic E-state index is -0.0805. The van der Waals surface area contributed by atoms with Gasteiger partial charge in [0.15, 0.2) is 0 Å². The molecular formula is C19H36ClN3O3. The van der Waals surface area contributed by atoms with Gasteiger partial charge in [-0.1, -0.05) is 13.8 Å². The van der Waals surface area contributed by atoms with Crippen molar-refractivity contribution in [1.29, 1.82) is 0 Å². The van der Waals surface area contributed by atoms with E-state index in [1.54, 1.807) is 7.11 Å². The molecule has 0 aliphatic carbocycles. The molecule has 2 saturated heterocycles. The molecule has 7 heteroatoms. The Hall–Kier alpha value is -0.850. The van der Waals surface area contributed by atoms with Crippen molar-refractivity contribution in [3.05, 3.63) is 0 Å². The van der Waals surface area contributed by atoms with Crippen molar-refractivity contribution < 1.29 is 14.3 Å². The number of ether oxygens (including phenoxy) is 1. The maximum atomic E-state index is 12.7. The van der Waals surface area contributed by atoms with E-state index < -0.39 is 0 Å². The lowest BCUT2D eigenvalue weighted by molar-refractivity contribution is -0.139. The molecule has 0 aromatic carbocycles. The van der Waals surface area contributed by atoms with Crippen LogP contribution in [0.5, 0.6) is 0 Å². The highest BCUT2D eigenvalue weighted by molar-refractivity contribution is 5.85. The van der Waals surface area contributed by atoms with Gasteiger partial charge in [0.2, 0.25) is 11.8 Å². The molecule has 2 amide bonds. The molecule has 2 rings (SSSR count). The second-order valence-electron chi connectivity index (χ2n) is 7.83. The molecule has 2 N–H and O–H groups in total. The van der Waals surface area contributed by atoms with Gasteiger partial charge in [-0.2, -0.15) is 0 Å². The molecular weight excluding hydrogens is 354 g/mol. The van der Waals surface area contributed by atoms with Crippen molar-refractivity contribution in [3.63, 3.8) is 0 Å². The Morgan fingerprint density at radius 3 is 2.65 bits per heavy atom. The summed E-state index contributed by atoms with van der Waals surface area (Å²) in [6.07, 6.45) is 4.66. The summed E-state index contributed by atoms with van der Waals surface area (Å²) in [6, 6.07) is 0. The fourth-order valence-corrected chi connectivity index (χ4v) is 3.93. The van der Waals surface area contributed by atoms with Gasteiger partial charge in [0, 0.05) is 38.1 Å². The average Bonchev–Trinajstić information content (AvgIpc) is 2.66. The van der Waals surface area contributed by atoms with Crippen LogP contribution in [-0.4, -0.2) is 63.2 Å². The first kappa shape index (κ1) is 23.2. The number of rotatable bonds is 7. The second kappa shape index (κ2) is 11.1. The van der Waals surface area contributed by atoms with Crippen LogP contribution in [0.25, 0.3) is 0 Å². The van der Waals surface area contributed by atoms with E-state index in [4.69, 9.17) is 4.74 Å². The largest absolute Gasteiger partial charge is 0.384 e.